The molecule has 0 bridgehead atoms. The van der Waals surface area contributed by atoms with Crippen LogP contribution in [-0.2, 0) is 5.67 Å². The third-order valence-electron chi connectivity index (χ3n) is 1.99. The Labute approximate surface area is 86.7 Å². The van der Waals surface area contributed by atoms with Crippen LogP contribution in [0.2, 0.25) is 5.02 Å². The SMILES string of the molecule is CCCC(F)(CN)c1sccc1Cl. The zero-order chi connectivity index (χ0) is 9.90. The molecule has 13 heavy (non-hydrogen) atoms. The molecule has 74 valence electrons. The molecule has 2 N–H and O–H groups in total. The van der Waals surface area contributed by atoms with Gasteiger partial charge in [-0.15, -0.1) is 11.3 Å². The van der Waals surface area contributed by atoms with Crippen molar-refractivity contribution in [3.05, 3.63) is 21.3 Å². The molecule has 0 aliphatic heterocycles. The summed E-state index contributed by atoms with van der Waals surface area (Å²) in [6.07, 6.45) is 1.20. The number of thiophene rings is 1. The number of nitrogens with two attached hydrogens (primary N) is 1. The van der Waals surface area contributed by atoms with Gasteiger partial charge in [-0.05, 0) is 17.9 Å². The van der Waals surface area contributed by atoms with Gasteiger partial charge in [0.05, 0.1) is 9.90 Å². The van der Waals surface area contributed by atoms with Crippen LogP contribution in [0, 0.1) is 0 Å². The standard InChI is InChI=1S/C9H13ClFNS/c1-2-4-9(11,6-12)8-7(10)3-5-13-8/h3,5H,2,4,6,12H2,1H3. The van der Waals surface area contributed by atoms with E-state index in [0.717, 1.165) is 6.42 Å². The summed E-state index contributed by atoms with van der Waals surface area (Å²) in [6, 6.07) is 1.71. The smallest absolute Gasteiger partial charge is 0.158 e. The molecule has 4 heteroatoms. The maximum atomic E-state index is 14.1. The van der Waals surface area contributed by atoms with Crippen molar-refractivity contribution in [2.75, 3.05) is 6.54 Å². The van der Waals surface area contributed by atoms with Gasteiger partial charge >= 0.3 is 0 Å². The van der Waals surface area contributed by atoms with Gasteiger partial charge in [0.15, 0.2) is 5.67 Å². The van der Waals surface area contributed by atoms with Crippen molar-refractivity contribution in [1.82, 2.24) is 0 Å². The maximum absolute atomic E-state index is 14.1. The van der Waals surface area contributed by atoms with Gasteiger partial charge in [0.2, 0.25) is 0 Å². The fourth-order valence-corrected chi connectivity index (χ4v) is 2.68. The normalized spacial score (nSPS) is 15.7. The molecule has 0 saturated heterocycles. The van der Waals surface area contributed by atoms with Gasteiger partial charge in [-0.1, -0.05) is 24.9 Å². The predicted molar refractivity (Wildman–Crippen MR) is 56.1 cm³/mol. The molecule has 0 radical (unpaired) electrons. The molecule has 0 fully saturated rings. The van der Waals surface area contributed by atoms with Crippen molar-refractivity contribution in [3.63, 3.8) is 0 Å². The first-order valence-corrected chi connectivity index (χ1v) is 5.52. The lowest BCUT2D eigenvalue weighted by Crippen LogP contribution is -2.29. The summed E-state index contributed by atoms with van der Waals surface area (Å²) in [5.74, 6) is 0. The average molecular weight is 222 g/mol. The third kappa shape index (κ3) is 2.22. The molecule has 0 spiro atoms. The Hall–Kier alpha value is -0.120. The lowest BCUT2D eigenvalue weighted by Gasteiger charge is -2.21. The topological polar surface area (TPSA) is 26.0 Å². The second-order valence-electron chi connectivity index (χ2n) is 3.02. The number of halogens is 2. The van der Waals surface area contributed by atoms with Crippen molar-refractivity contribution in [2.45, 2.75) is 25.4 Å². The Bertz CT molecular complexity index is 276. The Morgan fingerprint density at radius 3 is 2.77 bits per heavy atom. The van der Waals surface area contributed by atoms with E-state index in [4.69, 9.17) is 17.3 Å². The summed E-state index contributed by atoms with van der Waals surface area (Å²) in [5, 5.41) is 2.28. The zero-order valence-corrected chi connectivity index (χ0v) is 9.09. The van der Waals surface area contributed by atoms with Crippen LogP contribution in [0.3, 0.4) is 0 Å². The van der Waals surface area contributed by atoms with Gasteiger partial charge in [0.1, 0.15) is 0 Å². The van der Waals surface area contributed by atoms with Gasteiger partial charge in [0, 0.05) is 6.54 Å². The molecule has 1 unspecified atom stereocenters. The number of hydrogen-bond acceptors (Lipinski definition) is 2. The Balaban J connectivity index is 2.95. The van der Waals surface area contributed by atoms with E-state index >= 15 is 0 Å². The predicted octanol–water partition coefficient (Wildman–Crippen LogP) is 3.33. The fourth-order valence-electron chi connectivity index (χ4n) is 1.32. The van der Waals surface area contributed by atoms with E-state index in [1.165, 1.54) is 11.3 Å². The van der Waals surface area contributed by atoms with Crippen LogP contribution in [0.4, 0.5) is 4.39 Å². The molecule has 0 aromatic carbocycles. The first kappa shape index (κ1) is 11.0. The highest BCUT2D eigenvalue weighted by Gasteiger charge is 2.32. The lowest BCUT2D eigenvalue weighted by molar-refractivity contribution is 0.164. The van der Waals surface area contributed by atoms with Crippen LogP contribution in [0.1, 0.15) is 24.6 Å². The van der Waals surface area contributed by atoms with Gasteiger partial charge in [-0.25, -0.2) is 4.39 Å². The minimum Gasteiger partial charge on any atom is -0.327 e. The van der Waals surface area contributed by atoms with Gasteiger partial charge in [-0.2, -0.15) is 0 Å². The molecule has 1 atom stereocenters. The Morgan fingerprint density at radius 2 is 2.38 bits per heavy atom. The van der Waals surface area contributed by atoms with E-state index in [9.17, 15) is 4.39 Å². The highest BCUT2D eigenvalue weighted by molar-refractivity contribution is 7.10. The molecule has 0 saturated carbocycles. The molecular weight excluding hydrogens is 209 g/mol. The second-order valence-corrected chi connectivity index (χ2v) is 4.34. The number of rotatable bonds is 4. The summed E-state index contributed by atoms with van der Waals surface area (Å²) in [5.41, 5.74) is 4.00. The van der Waals surface area contributed by atoms with E-state index in [2.05, 4.69) is 0 Å². The van der Waals surface area contributed by atoms with E-state index in [-0.39, 0.29) is 6.54 Å². The third-order valence-corrected chi connectivity index (χ3v) is 3.51. The summed E-state index contributed by atoms with van der Waals surface area (Å²) in [6.45, 7) is 1.94. The van der Waals surface area contributed by atoms with Crippen LogP contribution in [0.5, 0.6) is 0 Å². The molecule has 0 aliphatic carbocycles. The minimum atomic E-state index is -1.43. The average Bonchev–Trinajstić information content (AvgIpc) is 2.52. The monoisotopic (exact) mass is 221 g/mol. The summed E-state index contributed by atoms with van der Waals surface area (Å²) in [4.78, 5) is 0.568. The molecule has 0 amide bonds. The van der Waals surface area contributed by atoms with Crippen molar-refractivity contribution in [2.24, 2.45) is 5.73 Å². The molecule has 1 rings (SSSR count). The van der Waals surface area contributed by atoms with Crippen LogP contribution in [-0.4, -0.2) is 6.54 Å². The van der Waals surface area contributed by atoms with Gasteiger partial charge in [-0.3, -0.25) is 0 Å². The van der Waals surface area contributed by atoms with Crippen molar-refractivity contribution >= 4 is 22.9 Å². The molecule has 1 heterocycles. The Morgan fingerprint density at radius 1 is 1.69 bits per heavy atom. The molecule has 1 aromatic heterocycles. The largest absolute Gasteiger partial charge is 0.327 e. The Kier molecular flexibility index (Phi) is 3.71. The zero-order valence-electron chi connectivity index (χ0n) is 7.52. The van der Waals surface area contributed by atoms with Crippen molar-refractivity contribution in [1.29, 1.82) is 0 Å². The second kappa shape index (κ2) is 4.40. The van der Waals surface area contributed by atoms with Crippen LogP contribution < -0.4 is 5.73 Å². The van der Waals surface area contributed by atoms with Gasteiger partial charge in [0.25, 0.3) is 0 Å². The lowest BCUT2D eigenvalue weighted by atomic mass is 9.98. The first-order valence-electron chi connectivity index (χ1n) is 4.26. The van der Waals surface area contributed by atoms with Crippen LogP contribution >= 0.6 is 22.9 Å². The van der Waals surface area contributed by atoms with Crippen LogP contribution in [0.15, 0.2) is 11.4 Å². The molecule has 0 aliphatic rings. The van der Waals surface area contributed by atoms with Crippen LogP contribution in [0.25, 0.3) is 0 Å². The summed E-state index contributed by atoms with van der Waals surface area (Å²) in [7, 11) is 0. The van der Waals surface area contributed by atoms with E-state index in [0.29, 0.717) is 16.3 Å². The van der Waals surface area contributed by atoms with E-state index in [1.54, 1.807) is 11.4 Å². The summed E-state index contributed by atoms with van der Waals surface area (Å²) >= 11 is 7.19. The number of alkyl halides is 1. The number of hydrogen-bond donors (Lipinski definition) is 1. The first-order chi connectivity index (χ1) is 6.14. The molecule has 1 aromatic rings. The quantitative estimate of drug-likeness (QED) is 0.830. The molecular formula is C9H13ClFNS. The highest BCUT2D eigenvalue weighted by atomic mass is 35.5. The maximum Gasteiger partial charge on any atom is 0.158 e. The van der Waals surface area contributed by atoms with E-state index in [1.807, 2.05) is 6.92 Å². The van der Waals surface area contributed by atoms with E-state index < -0.39 is 5.67 Å². The minimum absolute atomic E-state index is 0.00106. The molecule has 1 nitrogen and oxygen atoms in total. The van der Waals surface area contributed by atoms with Gasteiger partial charge < -0.3 is 5.73 Å². The highest BCUT2D eigenvalue weighted by Crippen LogP contribution is 2.38. The van der Waals surface area contributed by atoms with Crippen molar-refractivity contribution < 1.29 is 4.39 Å². The van der Waals surface area contributed by atoms with Crippen molar-refractivity contribution in [3.8, 4) is 0 Å². The summed E-state index contributed by atoms with van der Waals surface area (Å²) < 4.78 is 14.1. The fraction of sp³-hybridized carbons (Fsp3) is 0.556.